The van der Waals surface area contributed by atoms with Crippen molar-refractivity contribution in [2.24, 2.45) is 0 Å². The Hall–Kier alpha value is 1.56. The van der Waals surface area contributed by atoms with E-state index in [1.165, 1.54) is 57.8 Å². The predicted molar refractivity (Wildman–Crippen MR) is 115 cm³/mol. The molecule has 144 valence electrons. The van der Waals surface area contributed by atoms with Crippen LogP contribution in [0.4, 0.5) is 0 Å². The van der Waals surface area contributed by atoms with E-state index in [0.29, 0.717) is 5.60 Å². The Kier molecular flexibility index (Phi) is 11.2. The maximum absolute atomic E-state index is 7.65. The summed E-state index contributed by atoms with van der Waals surface area (Å²) < 4.78 is 15.8. The summed E-state index contributed by atoms with van der Waals surface area (Å²) in [5.74, 6) is 0. The molecule has 1 saturated heterocycles. The van der Waals surface area contributed by atoms with Crippen molar-refractivity contribution in [1.29, 1.82) is 0 Å². The van der Waals surface area contributed by atoms with Crippen LogP contribution in [0.3, 0.4) is 0 Å². The Morgan fingerprint density at radius 2 is 1.12 bits per heavy atom. The number of hydrogen-bond acceptors (Lipinski definition) is 1. The molecule has 1 heterocycles. The molecule has 0 saturated carbocycles. The van der Waals surface area contributed by atoms with Crippen molar-refractivity contribution in [1.82, 2.24) is 0 Å². The molecule has 1 nitrogen and oxygen atoms in total. The van der Waals surface area contributed by atoms with Gasteiger partial charge in [-0.2, -0.15) is 0 Å². The second-order valence-electron chi connectivity index (χ2n) is 8.56. The van der Waals surface area contributed by atoms with E-state index >= 15 is 0 Å². The molecular formula is C21H46OSn2. The minimum absolute atomic E-state index is 0.311. The van der Waals surface area contributed by atoms with E-state index in [1.54, 1.807) is 22.2 Å². The molecule has 0 spiro atoms. The van der Waals surface area contributed by atoms with Gasteiger partial charge in [-0.1, -0.05) is 0 Å². The standard InChI is InChI=1S/C9H18O.4C3H7.2Sn/c1-4-7-9(10,6-3)8-5-2;4*1-3-2;;/h3-8H2,1-2H3;4*1,3H2,2H3;;/q-1;;;;;;+1. The molecule has 1 aliphatic rings. The van der Waals surface area contributed by atoms with Gasteiger partial charge in [0.15, 0.2) is 0 Å². The maximum atomic E-state index is 7.65. The normalized spacial score (nSPS) is 21.8. The summed E-state index contributed by atoms with van der Waals surface area (Å²) >= 11 is -4.53. The molecule has 1 fully saturated rings. The second-order valence-corrected chi connectivity index (χ2v) is 67.0. The molecule has 0 atom stereocenters. The zero-order chi connectivity index (χ0) is 18.1. The summed E-state index contributed by atoms with van der Waals surface area (Å²) in [4.78, 5) is 0. The zero-order valence-electron chi connectivity index (χ0n) is 17.8. The van der Waals surface area contributed by atoms with Crippen LogP contribution < -0.4 is 0 Å². The average molecular weight is 552 g/mol. The number of rotatable bonds is 12. The number of hydrogen-bond donors (Lipinski definition) is 0. The van der Waals surface area contributed by atoms with Crippen LogP contribution in [0, 0.1) is 0 Å². The molecule has 0 unspecified atom stereocenters. The third kappa shape index (κ3) is 5.30. The first-order valence-corrected chi connectivity index (χ1v) is 33.5. The van der Waals surface area contributed by atoms with Crippen LogP contribution in [0.2, 0.25) is 22.2 Å². The van der Waals surface area contributed by atoms with E-state index in [2.05, 4.69) is 41.5 Å². The first kappa shape index (κ1) is 23.6. The fourth-order valence-electron chi connectivity index (χ4n) is 6.01. The van der Waals surface area contributed by atoms with Crippen LogP contribution in [0.25, 0.3) is 0 Å². The fraction of sp³-hybridized carbons (Fsp3) is 1.00. The van der Waals surface area contributed by atoms with E-state index < -0.39 is 29.3 Å². The van der Waals surface area contributed by atoms with E-state index in [-0.39, 0.29) is 0 Å². The quantitative estimate of drug-likeness (QED) is 0.224. The van der Waals surface area contributed by atoms with E-state index in [9.17, 15) is 0 Å². The van der Waals surface area contributed by atoms with Crippen LogP contribution >= 0.6 is 0 Å². The topological polar surface area (TPSA) is 9.23 Å². The molecule has 1 aliphatic heterocycles. The molecule has 3 heteroatoms. The van der Waals surface area contributed by atoms with Gasteiger partial charge in [-0.15, -0.1) is 0 Å². The van der Waals surface area contributed by atoms with Crippen LogP contribution in [0.5, 0.6) is 0 Å². The second kappa shape index (κ2) is 11.4. The molecule has 0 N–H and O–H groups in total. The first-order valence-electron chi connectivity index (χ1n) is 11.2. The van der Waals surface area contributed by atoms with E-state index in [4.69, 9.17) is 3.07 Å². The summed E-state index contributed by atoms with van der Waals surface area (Å²) in [5.41, 5.74) is 0.311. The van der Waals surface area contributed by atoms with Gasteiger partial charge in [0, 0.05) is 0 Å². The van der Waals surface area contributed by atoms with Crippen molar-refractivity contribution in [3.05, 3.63) is 0 Å². The predicted octanol–water partition coefficient (Wildman–Crippen LogP) is 7.86. The van der Waals surface area contributed by atoms with Gasteiger partial charge in [-0.05, 0) is 0 Å². The molecule has 0 bridgehead atoms. The Balaban J connectivity index is 3.30. The molecule has 0 aliphatic carbocycles. The van der Waals surface area contributed by atoms with Crippen molar-refractivity contribution in [3.63, 3.8) is 0 Å². The van der Waals surface area contributed by atoms with Crippen LogP contribution in [-0.4, -0.2) is 34.9 Å². The molecular weight excluding hydrogens is 506 g/mol. The molecule has 1 rings (SSSR count). The molecule has 0 aromatic rings. The third-order valence-corrected chi connectivity index (χ3v) is 96.6. The van der Waals surface area contributed by atoms with Gasteiger partial charge in [-0.3, -0.25) is 0 Å². The van der Waals surface area contributed by atoms with Crippen LogP contribution in [0.15, 0.2) is 0 Å². The molecule has 0 aromatic carbocycles. The van der Waals surface area contributed by atoms with Crippen LogP contribution in [-0.2, 0) is 3.07 Å². The van der Waals surface area contributed by atoms with Gasteiger partial charge in [0.1, 0.15) is 0 Å². The Bertz CT molecular complexity index is 325. The van der Waals surface area contributed by atoms with Crippen LogP contribution in [0.1, 0.15) is 99.3 Å². The monoisotopic (exact) mass is 554 g/mol. The third-order valence-electron chi connectivity index (χ3n) is 6.61. The van der Waals surface area contributed by atoms with Gasteiger partial charge in [0.05, 0.1) is 0 Å². The zero-order valence-corrected chi connectivity index (χ0v) is 23.5. The summed E-state index contributed by atoms with van der Waals surface area (Å²) in [6.07, 6.45) is 12.4. The first-order chi connectivity index (χ1) is 11.5. The molecule has 24 heavy (non-hydrogen) atoms. The van der Waals surface area contributed by atoms with Crippen molar-refractivity contribution >= 4 is 29.3 Å². The van der Waals surface area contributed by atoms with Crippen molar-refractivity contribution in [2.75, 3.05) is 0 Å². The summed E-state index contributed by atoms with van der Waals surface area (Å²) in [7, 11) is 0. The Morgan fingerprint density at radius 1 is 0.667 bits per heavy atom. The molecule has 0 aromatic heterocycles. The average Bonchev–Trinajstić information content (AvgIpc) is 2.53. The molecule has 0 radical (unpaired) electrons. The van der Waals surface area contributed by atoms with E-state index in [0.717, 1.165) is 0 Å². The minimum atomic E-state index is -2.45. The van der Waals surface area contributed by atoms with Crippen molar-refractivity contribution < 1.29 is 3.07 Å². The van der Waals surface area contributed by atoms with Gasteiger partial charge >= 0.3 is 159 Å². The SMILES string of the molecule is CCCC1(CCC)C[CH2][Sn]([CH2]CC)([CH2]CC)[Sn]([CH2]CC)([CH2]CC)[O]1. The Morgan fingerprint density at radius 3 is 1.50 bits per heavy atom. The van der Waals surface area contributed by atoms with Gasteiger partial charge in [-0.25, -0.2) is 0 Å². The Labute approximate surface area is 158 Å². The summed E-state index contributed by atoms with van der Waals surface area (Å²) in [5, 5.41) is 0. The summed E-state index contributed by atoms with van der Waals surface area (Å²) in [6.45, 7) is 14.6. The van der Waals surface area contributed by atoms with Gasteiger partial charge in [0.2, 0.25) is 0 Å². The van der Waals surface area contributed by atoms with Crippen molar-refractivity contribution in [3.8, 4) is 0 Å². The van der Waals surface area contributed by atoms with Crippen molar-refractivity contribution in [2.45, 2.75) is 127 Å². The van der Waals surface area contributed by atoms with Gasteiger partial charge < -0.3 is 0 Å². The van der Waals surface area contributed by atoms with Gasteiger partial charge in [0.25, 0.3) is 0 Å². The summed E-state index contributed by atoms with van der Waals surface area (Å²) in [6, 6.07) is 0. The fourth-order valence-corrected chi connectivity index (χ4v) is 109. The van der Waals surface area contributed by atoms with E-state index in [1.807, 2.05) is 0 Å². The molecule has 0 amide bonds.